The van der Waals surface area contributed by atoms with Crippen molar-refractivity contribution >= 4 is 9.84 Å². The molecule has 7 heteroatoms. The Morgan fingerprint density at radius 2 is 1.96 bits per heavy atom. The quantitative estimate of drug-likeness (QED) is 0.847. The molecular formula is C17H21N3O3S. The molecule has 1 aliphatic carbocycles. The van der Waals surface area contributed by atoms with Crippen molar-refractivity contribution in [2.75, 3.05) is 13.2 Å². The Bertz CT molecular complexity index is 839. The van der Waals surface area contributed by atoms with E-state index in [9.17, 15) is 8.42 Å². The topological polar surface area (TPSA) is 74.1 Å². The molecule has 0 atom stereocenters. The molecule has 1 aromatic carbocycles. The summed E-state index contributed by atoms with van der Waals surface area (Å²) in [5.74, 6) is -0.102. The van der Waals surface area contributed by atoms with Crippen molar-refractivity contribution < 1.29 is 13.2 Å². The van der Waals surface area contributed by atoms with E-state index in [-0.39, 0.29) is 11.8 Å². The number of fused-ring (bicyclic) bond motifs is 1. The molecular weight excluding hydrogens is 326 g/mol. The van der Waals surface area contributed by atoms with Gasteiger partial charge in [0.1, 0.15) is 5.75 Å². The van der Waals surface area contributed by atoms with Crippen LogP contribution in [0.5, 0.6) is 0 Å². The first-order chi connectivity index (χ1) is 11.6. The highest BCUT2D eigenvalue weighted by atomic mass is 32.2. The molecule has 128 valence electrons. The molecule has 0 spiro atoms. The highest BCUT2D eigenvalue weighted by molar-refractivity contribution is 7.90. The van der Waals surface area contributed by atoms with Gasteiger partial charge < -0.3 is 4.74 Å². The van der Waals surface area contributed by atoms with Crippen LogP contribution in [0.2, 0.25) is 0 Å². The predicted octanol–water partition coefficient (Wildman–Crippen LogP) is 2.09. The zero-order valence-corrected chi connectivity index (χ0v) is 14.3. The van der Waals surface area contributed by atoms with Crippen LogP contribution in [0.1, 0.15) is 42.1 Å². The summed E-state index contributed by atoms with van der Waals surface area (Å²) >= 11 is 0. The highest BCUT2D eigenvalue weighted by Crippen LogP contribution is 2.26. The van der Waals surface area contributed by atoms with Crippen molar-refractivity contribution in [1.82, 2.24) is 15.0 Å². The molecule has 2 heterocycles. The van der Waals surface area contributed by atoms with Gasteiger partial charge in [0.25, 0.3) is 0 Å². The number of hydrogen-bond acceptors (Lipinski definition) is 5. The van der Waals surface area contributed by atoms with Gasteiger partial charge in [0.05, 0.1) is 16.6 Å². The van der Waals surface area contributed by atoms with Crippen molar-refractivity contribution in [3.8, 4) is 0 Å². The SMILES string of the molecule is O=S(=O)(Cc1cn(C2CCOCC2)nn1)c1ccc2c(c1)CCC2. The normalized spacial score (nSPS) is 18.7. The van der Waals surface area contributed by atoms with E-state index < -0.39 is 9.84 Å². The summed E-state index contributed by atoms with van der Waals surface area (Å²) in [6.07, 6.45) is 6.67. The van der Waals surface area contributed by atoms with E-state index in [2.05, 4.69) is 10.3 Å². The summed E-state index contributed by atoms with van der Waals surface area (Å²) in [6, 6.07) is 5.76. The Hall–Kier alpha value is -1.73. The van der Waals surface area contributed by atoms with Gasteiger partial charge in [-0.25, -0.2) is 13.1 Å². The van der Waals surface area contributed by atoms with Gasteiger partial charge in [0.2, 0.25) is 0 Å². The summed E-state index contributed by atoms with van der Waals surface area (Å²) in [6.45, 7) is 1.43. The van der Waals surface area contributed by atoms with Gasteiger partial charge in [-0.15, -0.1) is 5.10 Å². The fourth-order valence-electron chi connectivity index (χ4n) is 3.53. The molecule has 1 fully saturated rings. The van der Waals surface area contributed by atoms with E-state index in [4.69, 9.17) is 4.74 Å². The van der Waals surface area contributed by atoms with Gasteiger partial charge >= 0.3 is 0 Å². The predicted molar refractivity (Wildman–Crippen MR) is 88.5 cm³/mol. The smallest absolute Gasteiger partial charge is 0.184 e. The molecule has 24 heavy (non-hydrogen) atoms. The van der Waals surface area contributed by atoms with E-state index in [1.54, 1.807) is 16.9 Å². The third kappa shape index (κ3) is 3.10. The second-order valence-corrected chi connectivity index (χ2v) is 8.57. The van der Waals surface area contributed by atoms with E-state index in [0.29, 0.717) is 23.8 Å². The number of ether oxygens (including phenoxy) is 1. The van der Waals surface area contributed by atoms with Crippen LogP contribution in [0.25, 0.3) is 0 Å². The monoisotopic (exact) mass is 347 g/mol. The molecule has 1 aliphatic heterocycles. The van der Waals surface area contributed by atoms with Gasteiger partial charge in [0, 0.05) is 19.4 Å². The molecule has 6 nitrogen and oxygen atoms in total. The minimum atomic E-state index is -3.39. The van der Waals surface area contributed by atoms with Gasteiger partial charge in [-0.1, -0.05) is 11.3 Å². The summed E-state index contributed by atoms with van der Waals surface area (Å²) in [5, 5.41) is 8.19. The van der Waals surface area contributed by atoms with Crippen LogP contribution in [-0.4, -0.2) is 36.6 Å². The van der Waals surface area contributed by atoms with Crippen LogP contribution < -0.4 is 0 Å². The van der Waals surface area contributed by atoms with Gasteiger partial charge in [-0.05, 0) is 55.4 Å². The lowest BCUT2D eigenvalue weighted by Crippen LogP contribution is -2.20. The lowest BCUT2D eigenvalue weighted by atomic mass is 10.1. The van der Waals surface area contributed by atoms with Crippen molar-refractivity contribution in [2.45, 2.75) is 48.8 Å². The molecule has 2 aliphatic rings. The van der Waals surface area contributed by atoms with E-state index >= 15 is 0 Å². The summed E-state index contributed by atoms with van der Waals surface area (Å²) in [5.41, 5.74) is 2.95. The number of aromatic nitrogens is 3. The fourth-order valence-corrected chi connectivity index (χ4v) is 4.81. The maximum atomic E-state index is 12.7. The van der Waals surface area contributed by atoms with Crippen molar-refractivity contribution in [3.63, 3.8) is 0 Å². The Morgan fingerprint density at radius 1 is 1.17 bits per heavy atom. The van der Waals surface area contributed by atoms with E-state index in [0.717, 1.165) is 32.1 Å². The number of hydrogen-bond donors (Lipinski definition) is 0. The largest absolute Gasteiger partial charge is 0.381 e. The number of nitrogens with zero attached hydrogens (tertiary/aromatic N) is 3. The van der Waals surface area contributed by atoms with Crippen LogP contribution >= 0.6 is 0 Å². The van der Waals surface area contributed by atoms with Gasteiger partial charge in [0.15, 0.2) is 9.84 Å². The maximum Gasteiger partial charge on any atom is 0.184 e. The average molecular weight is 347 g/mol. The minimum Gasteiger partial charge on any atom is -0.381 e. The lowest BCUT2D eigenvalue weighted by molar-refractivity contribution is 0.0657. The van der Waals surface area contributed by atoms with E-state index in [1.165, 1.54) is 11.1 Å². The van der Waals surface area contributed by atoms with Gasteiger partial charge in [-0.2, -0.15) is 0 Å². The Labute approximate surface area is 141 Å². The standard InChI is InChI=1S/C17H21N3O3S/c21-24(22,17-5-4-13-2-1-3-14(13)10-17)12-15-11-20(19-18-15)16-6-8-23-9-7-16/h4-5,10-11,16H,1-3,6-9,12H2. The molecule has 4 rings (SSSR count). The van der Waals surface area contributed by atoms with Crippen LogP contribution in [0, 0.1) is 0 Å². The van der Waals surface area contributed by atoms with Gasteiger partial charge in [-0.3, -0.25) is 0 Å². The molecule has 0 unspecified atom stereocenters. The van der Waals surface area contributed by atoms with Crippen molar-refractivity contribution in [3.05, 3.63) is 41.2 Å². The molecule has 0 saturated carbocycles. The molecule has 2 aromatic rings. The third-order valence-electron chi connectivity index (χ3n) is 4.89. The maximum absolute atomic E-state index is 12.7. The molecule has 0 N–H and O–H groups in total. The second-order valence-electron chi connectivity index (χ2n) is 6.58. The number of sulfone groups is 1. The minimum absolute atomic E-state index is 0.102. The third-order valence-corrected chi connectivity index (χ3v) is 6.54. The number of aryl methyl sites for hydroxylation is 2. The van der Waals surface area contributed by atoms with Crippen LogP contribution in [0.3, 0.4) is 0 Å². The van der Waals surface area contributed by atoms with Crippen molar-refractivity contribution in [1.29, 1.82) is 0 Å². The number of benzene rings is 1. The first-order valence-corrected chi connectivity index (χ1v) is 10.1. The molecule has 0 bridgehead atoms. The summed E-state index contributed by atoms with van der Waals surface area (Å²) < 4.78 is 32.5. The summed E-state index contributed by atoms with van der Waals surface area (Å²) in [4.78, 5) is 0.392. The first-order valence-electron chi connectivity index (χ1n) is 8.45. The lowest BCUT2D eigenvalue weighted by Gasteiger charge is -2.21. The van der Waals surface area contributed by atoms with Crippen LogP contribution in [-0.2, 0) is 33.2 Å². The average Bonchev–Trinajstić information content (AvgIpc) is 3.23. The Morgan fingerprint density at radius 3 is 2.79 bits per heavy atom. The fraction of sp³-hybridized carbons (Fsp3) is 0.529. The second kappa shape index (κ2) is 6.29. The Kier molecular flexibility index (Phi) is 4.14. The molecule has 1 saturated heterocycles. The number of rotatable bonds is 4. The van der Waals surface area contributed by atoms with Crippen LogP contribution in [0.15, 0.2) is 29.3 Å². The highest BCUT2D eigenvalue weighted by Gasteiger charge is 2.22. The molecule has 1 aromatic heterocycles. The van der Waals surface area contributed by atoms with E-state index in [1.807, 2.05) is 12.1 Å². The Balaban J connectivity index is 1.52. The zero-order valence-electron chi connectivity index (χ0n) is 13.5. The molecule has 0 radical (unpaired) electrons. The first kappa shape index (κ1) is 15.8. The molecule has 0 amide bonds. The van der Waals surface area contributed by atoms with Crippen molar-refractivity contribution in [2.24, 2.45) is 0 Å². The van der Waals surface area contributed by atoms with Crippen LogP contribution in [0.4, 0.5) is 0 Å². The summed E-state index contributed by atoms with van der Waals surface area (Å²) in [7, 11) is -3.39. The zero-order chi connectivity index (χ0) is 16.6.